The van der Waals surface area contributed by atoms with Gasteiger partial charge in [0.25, 0.3) is 5.91 Å². The molecule has 1 unspecified atom stereocenters. The Morgan fingerprint density at radius 3 is 3.00 bits per heavy atom. The van der Waals surface area contributed by atoms with Crippen molar-refractivity contribution in [2.24, 2.45) is 0 Å². The first kappa shape index (κ1) is 14.4. The van der Waals surface area contributed by atoms with E-state index in [0.29, 0.717) is 22.4 Å². The highest BCUT2D eigenvalue weighted by Crippen LogP contribution is 2.40. The van der Waals surface area contributed by atoms with Gasteiger partial charge in [-0.15, -0.1) is 11.3 Å². The molecule has 1 aliphatic rings. The van der Waals surface area contributed by atoms with Crippen LogP contribution in [0.5, 0.6) is 0 Å². The lowest BCUT2D eigenvalue weighted by atomic mass is 10.1. The van der Waals surface area contributed by atoms with E-state index in [1.807, 2.05) is 17.5 Å². The fraction of sp³-hybridized carbons (Fsp3) is 0.333. The number of nitrogens with zero attached hydrogens (tertiary/aromatic N) is 1. The van der Waals surface area contributed by atoms with Crippen molar-refractivity contribution >= 4 is 33.2 Å². The molecular formula is C15H16N2O2S2. The van der Waals surface area contributed by atoms with Gasteiger partial charge in [0.05, 0.1) is 5.69 Å². The summed E-state index contributed by atoms with van der Waals surface area (Å²) in [5, 5.41) is 5.50. The summed E-state index contributed by atoms with van der Waals surface area (Å²) in [5.41, 5.74) is 2.56. The van der Waals surface area contributed by atoms with Gasteiger partial charge in [0.1, 0.15) is 0 Å². The maximum atomic E-state index is 12.2. The third-order valence-corrected chi connectivity index (χ3v) is 4.81. The molecule has 21 heavy (non-hydrogen) atoms. The molecule has 1 aromatic heterocycles. The molecule has 2 aromatic rings. The summed E-state index contributed by atoms with van der Waals surface area (Å²) >= 11 is 1.46. The number of hydrogen-bond donors (Lipinski definition) is 1. The van der Waals surface area contributed by atoms with Gasteiger partial charge >= 0.3 is 0 Å². The van der Waals surface area contributed by atoms with Gasteiger partial charge in [0.15, 0.2) is 5.13 Å². The first-order valence-corrected chi connectivity index (χ1v) is 9.38. The molecule has 0 radical (unpaired) electrons. The second-order valence-electron chi connectivity index (χ2n) is 5.22. The first-order valence-electron chi connectivity index (χ1n) is 6.77. The fourth-order valence-corrected chi connectivity index (χ4v) is 3.55. The van der Waals surface area contributed by atoms with Crippen LogP contribution in [0.1, 0.15) is 40.4 Å². The summed E-state index contributed by atoms with van der Waals surface area (Å²) in [4.78, 5) is 16.7. The van der Waals surface area contributed by atoms with Crippen LogP contribution in [0.2, 0.25) is 0 Å². The van der Waals surface area contributed by atoms with Crippen LogP contribution in [0.4, 0.5) is 5.13 Å². The standard InChI is InChI=1S/C15H16N2O2S2/c1-21(19)9-10-3-2-4-12(7-10)14(18)17-15-16-13(8-20-15)11-5-6-11/h2-4,7-8,11H,5-6,9H2,1H3,(H,16,17,18). The Morgan fingerprint density at radius 1 is 1.48 bits per heavy atom. The number of carbonyl (C=O) groups is 1. The van der Waals surface area contributed by atoms with Gasteiger partial charge in [-0.2, -0.15) is 0 Å². The van der Waals surface area contributed by atoms with E-state index >= 15 is 0 Å². The molecule has 1 aromatic carbocycles. The van der Waals surface area contributed by atoms with Crippen molar-refractivity contribution in [1.82, 2.24) is 4.98 Å². The van der Waals surface area contributed by atoms with Crippen LogP contribution in [0.15, 0.2) is 29.6 Å². The van der Waals surface area contributed by atoms with Crippen LogP contribution in [-0.2, 0) is 16.6 Å². The third-order valence-electron chi connectivity index (χ3n) is 3.30. The molecule has 110 valence electrons. The van der Waals surface area contributed by atoms with Gasteiger partial charge in [0, 0.05) is 39.7 Å². The average molecular weight is 320 g/mol. The van der Waals surface area contributed by atoms with Crippen molar-refractivity contribution in [3.8, 4) is 0 Å². The molecule has 1 N–H and O–H groups in total. The normalized spacial score (nSPS) is 15.7. The van der Waals surface area contributed by atoms with Crippen LogP contribution in [0.3, 0.4) is 0 Å². The number of amides is 1. The van der Waals surface area contributed by atoms with Crippen molar-refractivity contribution in [1.29, 1.82) is 0 Å². The van der Waals surface area contributed by atoms with E-state index in [-0.39, 0.29) is 5.91 Å². The predicted molar refractivity (Wildman–Crippen MR) is 86.3 cm³/mol. The topological polar surface area (TPSA) is 59.1 Å². The van der Waals surface area contributed by atoms with E-state index in [4.69, 9.17) is 0 Å². The molecule has 1 fully saturated rings. The lowest BCUT2D eigenvalue weighted by Gasteiger charge is -2.04. The summed E-state index contributed by atoms with van der Waals surface area (Å²) in [6, 6.07) is 7.24. The van der Waals surface area contributed by atoms with Crippen LogP contribution >= 0.6 is 11.3 Å². The third kappa shape index (κ3) is 3.77. The molecule has 1 amide bonds. The molecule has 4 nitrogen and oxygen atoms in total. The summed E-state index contributed by atoms with van der Waals surface area (Å²) in [7, 11) is -0.913. The highest BCUT2D eigenvalue weighted by Gasteiger charge is 2.26. The van der Waals surface area contributed by atoms with E-state index < -0.39 is 10.8 Å². The number of rotatable bonds is 5. The second-order valence-corrected chi connectivity index (χ2v) is 7.52. The molecule has 1 aliphatic carbocycles. The molecule has 0 bridgehead atoms. The largest absolute Gasteiger partial charge is 0.298 e. The highest BCUT2D eigenvalue weighted by molar-refractivity contribution is 7.83. The number of carbonyl (C=O) groups excluding carboxylic acids is 1. The maximum absolute atomic E-state index is 12.2. The lowest BCUT2D eigenvalue weighted by Crippen LogP contribution is -2.12. The van der Waals surface area contributed by atoms with Crippen molar-refractivity contribution in [3.63, 3.8) is 0 Å². The van der Waals surface area contributed by atoms with E-state index in [0.717, 1.165) is 11.3 Å². The van der Waals surface area contributed by atoms with Crippen LogP contribution in [0, 0.1) is 0 Å². The number of nitrogens with one attached hydrogen (secondary N) is 1. The zero-order valence-corrected chi connectivity index (χ0v) is 13.3. The van der Waals surface area contributed by atoms with Crippen LogP contribution in [-0.4, -0.2) is 21.4 Å². The van der Waals surface area contributed by atoms with E-state index in [2.05, 4.69) is 10.3 Å². The van der Waals surface area contributed by atoms with E-state index in [1.54, 1.807) is 18.4 Å². The number of anilines is 1. The van der Waals surface area contributed by atoms with Crippen LogP contribution < -0.4 is 5.32 Å². The van der Waals surface area contributed by atoms with Gasteiger partial charge in [-0.05, 0) is 30.5 Å². The Labute approximate surface area is 130 Å². The predicted octanol–water partition coefficient (Wildman–Crippen LogP) is 3.15. The molecule has 3 rings (SSSR count). The zero-order chi connectivity index (χ0) is 14.8. The van der Waals surface area contributed by atoms with Crippen molar-refractivity contribution < 1.29 is 9.00 Å². The average Bonchev–Trinajstić information content (AvgIpc) is 3.19. The van der Waals surface area contributed by atoms with E-state index in [9.17, 15) is 9.00 Å². The first-order chi connectivity index (χ1) is 10.1. The molecule has 6 heteroatoms. The minimum atomic E-state index is -0.913. The maximum Gasteiger partial charge on any atom is 0.257 e. The number of hydrogen-bond acceptors (Lipinski definition) is 4. The second kappa shape index (κ2) is 6.07. The number of thiazole rings is 1. The van der Waals surface area contributed by atoms with Crippen LogP contribution in [0.25, 0.3) is 0 Å². The Morgan fingerprint density at radius 2 is 2.29 bits per heavy atom. The molecular weight excluding hydrogens is 304 g/mol. The summed E-state index contributed by atoms with van der Waals surface area (Å²) in [6.45, 7) is 0. The Kier molecular flexibility index (Phi) is 4.17. The summed E-state index contributed by atoms with van der Waals surface area (Å²) < 4.78 is 11.3. The molecule has 0 aliphatic heterocycles. The molecule has 0 spiro atoms. The molecule has 0 saturated heterocycles. The van der Waals surface area contributed by atoms with Crippen molar-refractivity contribution in [3.05, 3.63) is 46.5 Å². The van der Waals surface area contributed by atoms with Gasteiger partial charge in [-0.25, -0.2) is 4.98 Å². The Balaban J connectivity index is 1.70. The number of benzene rings is 1. The minimum Gasteiger partial charge on any atom is -0.298 e. The molecule has 1 saturated carbocycles. The van der Waals surface area contributed by atoms with Gasteiger partial charge in [0.2, 0.25) is 0 Å². The van der Waals surface area contributed by atoms with Gasteiger partial charge in [-0.1, -0.05) is 12.1 Å². The summed E-state index contributed by atoms with van der Waals surface area (Å²) in [5.74, 6) is 0.884. The highest BCUT2D eigenvalue weighted by atomic mass is 32.2. The Bertz CT molecular complexity index is 692. The summed E-state index contributed by atoms with van der Waals surface area (Å²) in [6.07, 6.45) is 4.06. The van der Waals surface area contributed by atoms with Gasteiger partial charge < -0.3 is 0 Å². The molecule has 1 heterocycles. The minimum absolute atomic E-state index is 0.171. The quantitative estimate of drug-likeness (QED) is 0.920. The zero-order valence-electron chi connectivity index (χ0n) is 11.7. The van der Waals surface area contributed by atoms with Crippen molar-refractivity contribution in [2.45, 2.75) is 24.5 Å². The smallest absolute Gasteiger partial charge is 0.257 e. The number of aromatic nitrogens is 1. The SMILES string of the molecule is CS(=O)Cc1cccc(C(=O)Nc2nc(C3CC3)cs2)c1. The Hall–Kier alpha value is -1.53. The monoisotopic (exact) mass is 320 g/mol. The van der Waals surface area contributed by atoms with Crippen molar-refractivity contribution in [2.75, 3.05) is 11.6 Å². The lowest BCUT2D eigenvalue weighted by molar-refractivity contribution is 0.102. The fourth-order valence-electron chi connectivity index (χ4n) is 2.12. The van der Waals surface area contributed by atoms with E-state index in [1.165, 1.54) is 24.2 Å². The molecule has 1 atom stereocenters. The van der Waals surface area contributed by atoms with Gasteiger partial charge in [-0.3, -0.25) is 14.3 Å².